The predicted molar refractivity (Wildman–Crippen MR) is 71.4 cm³/mol. The summed E-state index contributed by atoms with van der Waals surface area (Å²) in [4.78, 5) is 25.2. The van der Waals surface area contributed by atoms with E-state index in [1.165, 1.54) is 11.0 Å². The monoisotopic (exact) mass is 297 g/mol. The Bertz CT molecular complexity index is 544. The summed E-state index contributed by atoms with van der Waals surface area (Å²) < 4.78 is 30.8. The lowest BCUT2D eigenvalue weighted by molar-refractivity contribution is -0.149. The van der Waals surface area contributed by atoms with Crippen molar-refractivity contribution in [3.05, 3.63) is 35.4 Å². The van der Waals surface area contributed by atoms with E-state index in [1.807, 2.05) is 0 Å². The average Bonchev–Trinajstić information content (AvgIpc) is 3.25. The van der Waals surface area contributed by atoms with E-state index in [2.05, 4.69) is 0 Å². The molecule has 0 spiro atoms. The number of nitrogens with zero attached hydrogens (tertiary/aromatic N) is 1. The van der Waals surface area contributed by atoms with E-state index in [-0.39, 0.29) is 31.5 Å². The molecule has 0 unspecified atom stereocenters. The molecule has 0 saturated heterocycles. The molecular formula is C15H17F2NO3. The molecule has 1 aliphatic rings. The van der Waals surface area contributed by atoms with E-state index >= 15 is 0 Å². The largest absolute Gasteiger partial charge is 0.465 e. The minimum absolute atomic E-state index is 0.0483. The molecule has 6 heteroatoms. The molecule has 1 aromatic carbocycles. The Morgan fingerprint density at radius 2 is 2.00 bits per heavy atom. The molecule has 0 aliphatic heterocycles. The zero-order chi connectivity index (χ0) is 15.4. The number of amides is 1. The number of carbonyl (C=O) groups excluding carboxylic acids is 2. The van der Waals surface area contributed by atoms with Gasteiger partial charge in [0, 0.05) is 6.04 Å². The Kier molecular flexibility index (Phi) is 4.88. The lowest BCUT2D eigenvalue weighted by Crippen LogP contribution is -2.39. The van der Waals surface area contributed by atoms with Crippen molar-refractivity contribution in [2.24, 2.45) is 0 Å². The molecule has 21 heavy (non-hydrogen) atoms. The molecule has 0 atom stereocenters. The Labute approximate surface area is 121 Å². The van der Waals surface area contributed by atoms with Gasteiger partial charge in [-0.2, -0.15) is 0 Å². The number of hydrogen-bond acceptors (Lipinski definition) is 3. The van der Waals surface area contributed by atoms with Crippen LogP contribution >= 0.6 is 0 Å². The summed E-state index contributed by atoms with van der Waals surface area (Å²) in [5, 5.41) is 0. The number of rotatable bonds is 6. The van der Waals surface area contributed by atoms with E-state index in [0.29, 0.717) is 5.56 Å². The molecule has 1 saturated carbocycles. The van der Waals surface area contributed by atoms with Crippen LogP contribution < -0.4 is 0 Å². The molecule has 1 fully saturated rings. The number of benzene rings is 1. The Morgan fingerprint density at radius 3 is 2.57 bits per heavy atom. The van der Waals surface area contributed by atoms with Gasteiger partial charge in [0.05, 0.1) is 13.0 Å². The van der Waals surface area contributed by atoms with Crippen LogP contribution in [0.2, 0.25) is 0 Å². The third kappa shape index (κ3) is 4.24. The number of ether oxygens (including phenoxy) is 1. The molecule has 1 aliphatic carbocycles. The van der Waals surface area contributed by atoms with Crippen molar-refractivity contribution in [1.82, 2.24) is 4.90 Å². The second-order valence-corrected chi connectivity index (χ2v) is 4.98. The molecule has 0 bridgehead atoms. The van der Waals surface area contributed by atoms with E-state index in [1.54, 1.807) is 6.92 Å². The van der Waals surface area contributed by atoms with Crippen LogP contribution in [0.3, 0.4) is 0 Å². The van der Waals surface area contributed by atoms with Crippen molar-refractivity contribution in [3.8, 4) is 0 Å². The van der Waals surface area contributed by atoms with Crippen LogP contribution in [0.4, 0.5) is 8.78 Å². The predicted octanol–water partition coefficient (Wildman–Crippen LogP) is 2.06. The minimum atomic E-state index is -0.983. The Hall–Kier alpha value is -1.98. The molecule has 0 radical (unpaired) electrons. The van der Waals surface area contributed by atoms with Crippen LogP contribution in [0, 0.1) is 11.6 Å². The first-order valence-corrected chi connectivity index (χ1v) is 6.90. The molecule has 2 rings (SSSR count). The number of carbonyl (C=O) groups is 2. The smallest absolute Gasteiger partial charge is 0.325 e. The average molecular weight is 297 g/mol. The highest BCUT2D eigenvalue weighted by Gasteiger charge is 2.34. The molecule has 114 valence electrons. The van der Waals surface area contributed by atoms with Crippen molar-refractivity contribution in [3.63, 3.8) is 0 Å². The molecule has 0 N–H and O–H groups in total. The van der Waals surface area contributed by atoms with Gasteiger partial charge in [0.2, 0.25) is 5.91 Å². The summed E-state index contributed by atoms with van der Waals surface area (Å²) in [5.74, 6) is -2.67. The third-order valence-corrected chi connectivity index (χ3v) is 3.25. The van der Waals surface area contributed by atoms with Crippen LogP contribution in [0.25, 0.3) is 0 Å². The first-order valence-electron chi connectivity index (χ1n) is 6.90. The molecule has 1 amide bonds. The first kappa shape index (κ1) is 15.4. The number of hydrogen-bond donors (Lipinski definition) is 0. The fraction of sp³-hybridized carbons (Fsp3) is 0.467. The summed E-state index contributed by atoms with van der Waals surface area (Å²) in [6.07, 6.45) is 1.64. The summed E-state index contributed by atoms with van der Waals surface area (Å²) in [7, 11) is 0. The summed E-state index contributed by atoms with van der Waals surface area (Å²) >= 11 is 0. The second kappa shape index (κ2) is 6.65. The van der Waals surface area contributed by atoms with Crippen LogP contribution in [-0.4, -0.2) is 36.0 Å². The summed E-state index contributed by atoms with van der Waals surface area (Å²) in [5.41, 5.74) is 0.383. The summed E-state index contributed by atoms with van der Waals surface area (Å²) in [6.45, 7) is 1.86. The standard InChI is InChI=1S/C15H17F2NO3/c1-2-21-15(20)9-18(11-4-5-11)14(19)8-10-3-6-12(16)13(17)7-10/h3,6-7,11H,2,4-5,8-9H2,1H3. The minimum Gasteiger partial charge on any atom is -0.465 e. The fourth-order valence-electron chi connectivity index (χ4n) is 2.08. The van der Waals surface area contributed by atoms with Crippen molar-refractivity contribution >= 4 is 11.9 Å². The summed E-state index contributed by atoms with van der Waals surface area (Å²) in [6, 6.07) is 3.41. The van der Waals surface area contributed by atoms with Gasteiger partial charge in [0.1, 0.15) is 6.54 Å². The van der Waals surface area contributed by atoms with Gasteiger partial charge in [0.15, 0.2) is 11.6 Å². The van der Waals surface area contributed by atoms with Gasteiger partial charge >= 0.3 is 5.97 Å². The normalized spacial score (nSPS) is 13.9. The van der Waals surface area contributed by atoms with Crippen molar-refractivity contribution < 1.29 is 23.1 Å². The number of halogens is 2. The second-order valence-electron chi connectivity index (χ2n) is 4.98. The molecule has 4 nitrogen and oxygen atoms in total. The van der Waals surface area contributed by atoms with E-state index in [4.69, 9.17) is 4.74 Å². The van der Waals surface area contributed by atoms with Crippen molar-refractivity contribution in [2.75, 3.05) is 13.2 Å². The van der Waals surface area contributed by atoms with Crippen LogP contribution in [-0.2, 0) is 20.7 Å². The van der Waals surface area contributed by atoms with Crippen molar-refractivity contribution in [2.45, 2.75) is 32.2 Å². The molecule has 0 heterocycles. The fourth-order valence-corrected chi connectivity index (χ4v) is 2.08. The van der Waals surface area contributed by atoms with E-state index in [9.17, 15) is 18.4 Å². The van der Waals surface area contributed by atoms with Gasteiger partial charge in [-0.25, -0.2) is 8.78 Å². The SMILES string of the molecule is CCOC(=O)CN(C(=O)Cc1ccc(F)c(F)c1)C1CC1. The Balaban J connectivity index is 2.01. The Morgan fingerprint density at radius 1 is 1.29 bits per heavy atom. The van der Waals surface area contributed by atoms with Crippen LogP contribution in [0.1, 0.15) is 25.3 Å². The topological polar surface area (TPSA) is 46.6 Å². The highest BCUT2D eigenvalue weighted by atomic mass is 19.2. The highest BCUT2D eigenvalue weighted by Crippen LogP contribution is 2.27. The molecule has 0 aromatic heterocycles. The maximum atomic E-state index is 13.1. The number of esters is 1. The van der Waals surface area contributed by atoms with Gasteiger partial charge in [-0.15, -0.1) is 0 Å². The zero-order valence-corrected chi connectivity index (χ0v) is 11.8. The van der Waals surface area contributed by atoms with Crippen LogP contribution in [0.15, 0.2) is 18.2 Å². The van der Waals surface area contributed by atoms with Gasteiger partial charge in [-0.05, 0) is 37.5 Å². The molecular weight excluding hydrogens is 280 g/mol. The van der Waals surface area contributed by atoms with Gasteiger partial charge in [-0.3, -0.25) is 9.59 Å². The van der Waals surface area contributed by atoms with E-state index in [0.717, 1.165) is 25.0 Å². The first-order chi connectivity index (χ1) is 10.0. The van der Waals surface area contributed by atoms with Gasteiger partial charge < -0.3 is 9.64 Å². The molecule has 1 aromatic rings. The lowest BCUT2D eigenvalue weighted by Gasteiger charge is -2.21. The zero-order valence-electron chi connectivity index (χ0n) is 11.8. The van der Waals surface area contributed by atoms with Crippen LogP contribution in [0.5, 0.6) is 0 Å². The van der Waals surface area contributed by atoms with Crippen molar-refractivity contribution in [1.29, 1.82) is 0 Å². The lowest BCUT2D eigenvalue weighted by atomic mass is 10.1. The van der Waals surface area contributed by atoms with E-state index < -0.39 is 17.6 Å². The highest BCUT2D eigenvalue weighted by molar-refractivity contribution is 5.84. The maximum absolute atomic E-state index is 13.1. The quantitative estimate of drug-likeness (QED) is 0.755. The van der Waals surface area contributed by atoms with Gasteiger partial charge in [0.25, 0.3) is 0 Å². The maximum Gasteiger partial charge on any atom is 0.325 e. The van der Waals surface area contributed by atoms with Gasteiger partial charge in [-0.1, -0.05) is 6.07 Å². The third-order valence-electron chi connectivity index (χ3n) is 3.25.